The Hall–Kier alpha value is -0.850. The molecule has 0 radical (unpaired) electrons. The molecule has 1 rings (SSSR count). The lowest BCUT2D eigenvalue weighted by Crippen LogP contribution is -2.34. The van der Waals surface area contributed by atoms with E-state index in [1.165, 1.54) is 199 Å². The van der Waals surface area contributed by atoms with Crippen molar-refractivity contribution in [1.82, 2.24) is 0 Å². The van der Waals surface area contributed by atoms with Crippen molar-refractivity contribution < 1.29 is 4.57 Å². The van der Waals surface area contributed by atoms with Crippen LogP contribution in [0.5, 0.6) is 0 Å². The Labute approximate surface area is 253 Å². The predicted molar refractivity (Wildman–Crippen MR) is 180 cm³/mol. The van der Waals surface area contributed by atoms with Crippen LogP contribution in [0.25, 0.3) is 0 Å². The lowest BCUT2D eigenvalue weighted by Gasteiger charge is -2.10. The number of hydrogen-bond acceptors (Lipinski definition) is 0. The van der Waals surface area contributed by atoms with Crippen molar-refractivity contribution in [2.75, 3.05) is 0 Å². The number of pyridine rings is 1. The summed E-state index contributed by atoms with van der Waals surface area (Å²) in [6, 6.07) is 2.49. The average Bonchev–Trinajstić information content (AvgIpc) is 2.97. The molecule has 1 heterocycles. The van der Waals surface area contributed by atoms with E-state index in [0.717, 1.165) is 0 Å². The number of aromatic nitrogens is 1. The van der Waals surface area contributed by atoms with E-state index in [4.69, 9.17) is 0 Å². The lowest BCUT2D eigenvalue weighted by atomic mass is 9.97. The summed E-state index contributed by atoms with van der Waals surface area (Å²) in [5.74, 6) is 0. The van der Waals surface area contributed by atoms with Gasteiger partial charge in [-0.3, -0.25) is 0 Å². The van der Waals surface area contributed by atoms with Crippen LogP contribution in [0.2, 0.25) is 0 Å². The van der Waals surface area contributed by atoms with Gasteiger partial charge in [0.15, 0.2) is 12.4 Å². The third-order valence-corrected chi connectivity index (χ3v) is 9.07. The van der Waals surface area contributed by atoms with Crippen molar-refractivity contribution in [3.8, 4) is 0 Å². The van der Waals surface area contributed by atoms with Crippen molar-refractivity contribution >= 4 is 0 Å². The minimum absolute atomic E-state index is 1.21. The van der Waals surface area contributed by atoms with E-state index in [9.17, 15) is 0 Å². The Morgan fingerprint density at radius 1 is 0.375 bits per heavy atom. The van der Waals surface area contributed by atoms with Gasteiger partial charge in [-0.05, 0) is 37.7 Å². The molecule has 0 fully saturated rings. The molecule has 0 aliphatic heterocycles. The molecular formula is C39H74N+. The quantitative estimate of drug-likeness (QED) is 0.0632. The first-order valence-electron chi connectivity index (χ1n) is 18.8. The molecule has 1 nitrogen and oxygen atoms in total. The minimum atomic E-state index is 1.21. The Balaban J connectivity index is 2.37. The van der Waals surface area contributed by atoms with Crippen LogP contribution >= 0.6 is 0 Å². The van der Waals surface area contributed by atoms with Gasteiger partial charge in [-0.1, -0.05) is 175 Å². The van der Waals surface area contributed by atoms with Gasteiger partial charge in [-0.2, -0.15) is 0 Å². The van der Waals surface area contributed by atoms with Gasteiger partial charge in [-0.15, -0.1) is 0 Å². The molecule has 0 aromatic carbocycles. The van der Waals surface area contributed by atoms with E-state index >= 15 is 0 Å². The monoisotopic (exact) mass is 557 g/mol. The largest absolute Gasteiger partial charge is 0.205 e. The van der Waals surface area contributed by atoms with Gasteiger partial charge in [0.25, 0.3) is 0 Å². The first kappa shape index (κ1) is 37.2. The third-order valence-electron chi connectivity index (χ3n) is 9.07. The minimum Gasteiger partial charge on any atom is -0.205 e. The van der Waals surface area contributed by atoms with Crippen LogP contribution < -0.4 is 4.57 Å². The molecule has 0 N–H and O–H groups in total. The second-order valence-corrected chi connectivity index (χ2v) is 13.1. The molecule has 0 amide bonds. The summed E-state index contributed by atoms with van der Waals surface area (Å²) in [7, 11) is 0. The maximum absolute atomic E-state index is 2.54. The molecule has 1 aromatic rings. The molecule has 0 saturated heterocycles. The zero-order valence-electron chi connectivity index (χ0n) is 28.1. The average molecular weight is 557 g/mol. The third kappa shape index (κ3) is 22.8. The number of aryl methyl sites for hydroxylation is 3. The molecule has 234 valence electrons. The summed E-state index contributed by atoms with van der Waals surface area (Å²) in [5, 5.41) is 0. The number of nitrogens with zero attached hydrogens (tertiary/aromatic N) is 1. The SMILES string of the molecule is CCCCCCCCCCCCc1cc[n+](CCCCCCCCCC)cc1CCCCCCCCCCCC. The van der Waals surface area contributed by atoms with E-state index < -0.39 is 0 Å². The Bertz CT molecular complexity index is 636. The summed E-state index contributed by atoms with van der Waals surface area (Å²) in [6.45, 7) is 8.14. The standard InChI is InChI=1S/C39H74N/c1-4-7-10-13-16-19-21-23-26-29-32-38-34-36-40(35-31-28-25-18-15-12-9-6-3)37-39(38)33-30-27-24-22-20-17-14-11-8-5-2/h34,36-37H,4-33,35H2,1-3H3/q+1. The summed E-state index contributed by atoms with van der Waals surface area (Å²) in [4.78, 5) is 0. The Kier molecular flexibility index (Phi) is 27.5. The van der Waals surface area contributed by atoms with Crippen LogP contribution in [0, 0.1) is 0 Å². The van der Waals surface area contributed by atoms with Crippen LogP contribution in [-0.2, 0) is 19.4 Å². The Morgan fingerprint density at radius 2 is 0.700 bits per heavy atom. The van der Waals surface area contributed by atoms with Gasteiger partial charge in [0.2, 0.25) is 0 Å². The van der Waals surface area contributed by atoms with Crippen LogP contribution in [0.3, 0.4) is 0 Å². The van der Waals surface area contributed by atoms with Crippen molar-refractivity contribution in [3.05, 3.63) is 29.6 Å². The lowest BCUT2D eigenvalue weighted by molar-refractivity contribution is -0.697. The number of hydrogen-bond donors (Lipinski definition) is 0. The molecule has 0 saturated carbocycles. The van der Waals surface area contributed by atoms with E-state index in [1.807, 2.05) is 0 Å². The molecule has 0 aliphatic carbocycles. The topological polar surface area (TPSA) is 3.88 Å². The highest BCUT2D eigenvalue weighted by Gasteiger charge is 2.10. The fraction of sp³-hybridized carbons (Fsp3) is 0.872. The van der Waals surface area contributed by atoms with E-state index in [-0.39, 0.29) is 0 Å². The fourth-order valence-corrected chi connectivity index (χ4v) is 6.26. The molecule has 0 atom stereocenters. The fourth-order valence-electron chi connectivity index (χ4n) is 6.26. The molecule has 1 aromatic heterocycles. The van der Waals surface area contributed by atoms with E-state index in [1.54, 1.807) is 11.1 Å². The van der Waals surface area contributed by atoms with Crippen molar-refractivity contribution in [2.45, 2.75) is 220 Å². The Morgan fingerprint density at radius 3 is 1.10 bits per heavy atom. The molecule has 0 unspecified atom stereocenters. The molecule has 1 heteroatoms. The maximum atomic E-state index is 2.54. The van der Waals surface area contributed by atoms with Gasteiger partial charge >= 0.3 is 0 Å². The number of unbranched alkanes of at least 4 members (excludes halogenated alkanes) is 25. The first-order valence-corrected chi connectivity index (χ1v) is 18.8. The highest BCUT2D eigenvalue weighted by molar-refractivity contribution is 5.21. The highest BCUT2D eigenvalue weighted by Crippen LogP contribution is 2.18. The van der Waals surface area contributed by atoms with Crippen LogP contribution in [0.1, 0.15) is 212 Å². The van der Waals surface area contributed by atoms with Gasteiger partial charge in [0.05, 0.1) is 0 Å². The van der Waals surface area contributed by atoms with Crippen molar-refractivity contribution in [2.24, 2.45) is 0 Å². The molecule has 40 heavy (non-hydrogen) atoms. The molecule has 0 spiro atoms. The zero-order valence-corrected chi connectivity index (χ0v) is 28.1. The summed E-state index contributed by atoms with van der Waals surface area (Å²) in [6.07, 6.45) is 47.4. The first-order chi connectivity index (χ1) is 19.8. The van der Waals surface area contributed by atoms with Crippen LogP contribution in [0.4, 0.5) is 0 Å². The van der Waals surface area contributed by atoms with Gasteiger partial charge < -0.3 is 0 Å². The van der Waals surface area contributed by atoms with E-state index in [2.05, 4.69) is 43.8 Å². The molecule has 0 aliphatic rings. The smallest absolute Gasteiger partial charge is 0.172 e. The van der Waals surface area contributed by atoms with Crippen molar-refractivity contribution in [1.29, 1.82) is 0 Å². The zero-order chi connectivity index (χ0) is 28.8. The van der Waals surface area contributed by atoms with Crippen molar-refractivity contribution in [3.63, 3.8) is 0 Å². The van der Waals surface area contributed by atoms with Gasteiger partial charge in [0, 0.05) is 18.1 Å². The van der Waals surface area contributed by atoms with Crippen LogP contribution in [0.15, 0.2) is 18.5 Å². The highest BCUT2D eigenvalue weighted by atomic mass is 14.9. The summed E-state index contributed by atoms with van der Waals surface area (Å²) >= 11 is 0. The maximum Gasteiger partial charge on any atom is 0.172 e. The molecule has 0 bridgehead atoms. The summed E-state index contributed by atoms with van der Waals surface area (Å²) in [5.41, 5.74) is 3.32. The van der Waals surface area contributed by atoms with E-state index in [0.29, 0.717) is 0 Å². The van der Waals surface area contributed by atoms with Gasteiger partial charge in [-0.25, -0.2) is 4.57 Å². The second kappa shape index (κ2) is 29.6. The number of rotatable bonds is 31. The normalized spacial score (nSPS) is 11.5. The van der Waals surface area contributed by atoms with Crippen LogP contribution in [-0.4, -0.2) is 0 Å². The predicted octanol–water partition coefficient (Wildman–Crippen LogP) is 13.0. The molecular weight excluding hydrogens is 482 g/mol. The van der Waals surface area contributed by atoms with Gasteiger partial charge in [0.1, 0.15) is 6.54 Å². The second-order valence-electron chi connectivity index (χ2n) is 13.1. The summed E-state index contributed by atoms with van der Waals surface area (Å²) < 4.78 is 2.52.